The van der Waals surface area contributed by atoms with Crippen LogP contribution in [0.3, 0.4) is 0 Å². The van der Waals surface area contributed by atoms with E-state index in [0.29, 0.717) is 0 Å². The summed E-state index contributed by atoms with van der Waals surface area (Å²) in [6.45, 7) is 4.63. The smallest absolute Gasteiger partial charge is 0.0533 e. The zero-order valence-electron chi connectivity index (χ0n) is 50.8. The summed E-state index contributed by atoms with van der Waals surface area (Å²) in [7, 11) is 0. The molecule has 0 aromatic heterocycles. The summed E-state index contributed by atoms with van der Waals surface area (Å²) in [5.74, 6) is 0. The predicted octanol–water partition coefficient (Wildman–Crippen LogP) is 27.9. The Morgan fingerprint density at radius 3 is 0.155 bits per heavy atom. The van der Waals surface area contributed by atoms with E-state index < -0.39 is 0 Å². The second kappa shape index (κ2) is 70.0. The van der Waals surface area contributed by atoms with E-state index in [0.717, 1.165) is 0 Å². The molecule has 0 saturated carbocycles. The van der Waals surface area contributed by atoms with Crippen LogP contribution in [0.1, 0.15) is 457 Å². The van der Waals surface area contributed by atoms with E-state index in [-0.39, 0.29) is 0 Å². The van der Waals surface area contributed by atoms with Gasteiger partial charge in [-0.05, 0) is 0 Å². The molecule has 0 aliphatic heterocycles. The standard InChI is InChI=1S/C71H144/c1-3-5-7-9-11-13-15-17-19-21-23-25-27-29-31-33-35-37-39-41-43-45-47-49-51-53-55-57-59-61-63-65-67-69-71-70-68-66-64-62-60-58-56-54-52-50-48-46-44-42-40-38-36-34-32-30-28-26-24-22-20-18-16-14-12-10-8-6-4-2/h3-71H2,1-2H3. The van der Waals surface area contributed by atoms with Gasteiger partial charge >= 0.3 is 0 Å². The maximum absolute atomic E-state index is 2.32. The van der Waals surface area contributed by atoms with Crippen molar-refractivity contribution < 1.29 is 0 Å². The first-order chi connectivity index (χ1) is 35.4. The molecule has 0 bridgehead atoms. The van der Waals surface area contributed by atoms with Crippen LogP contribution in [0.5, 0.6) is 0 Å². The highest BCUT2D eigenvalue weighted by atomic mass is 14.1. The minimum Gasteiger partial charge on any atom is -0.0654 e. The number of hydrogen-bond donors (Lipinski definition) is 0. The molecule has 0 nitrogen and oxygen atoms in total. The minimum atomic E-state index is 1.37. The van der Waals surface area contributed by atoms with Crippen LogP contribution in [0.25, 0.3) is 0 Å². The SMILES string of the molecule is CCCCCCCCCCCCCCCCCCCCCCCCCCCCCCCCCCCCCCCCCCCCCCCCCCCCCCCCCCCCCCCCCCCCCCC. The first kappa shape index (κ1) is 71.0. The van der Waals surface area contributed by atoms with E-state index in [1.807, 2.05) is 0 Å². The van der Waals surface area contributed by atoms with E-state index in [4.69, 9.17) is 0 Å². The van der Waals surface area contributed by atoms with Gasteiger partial charge in [0.15, 0.2) is 0 Å². The Morgan fingerprint density at radius 1 is 0.0704 bits per heavy atom. The zero-order chi connectivity index (χ0) is 50.8. The summed E-state index contributed by atoms with van der Waals surface area (Å²) >= 11 is 0. The molecule has 0 rings (SSSR count). The van der Waals surface area contributed by atoms with Crippen LogP contribution in [0.4, 0.5) is 0 Å². The molecule has 0 saturated heterocycles. The van der Waals surface area contributed by atoms with Crippen LogP contribution < -0.4 is 0 Å². The molecule has 0 aromatic rings. The Bertz CT molecular complexity index is 775. The summed E-state index contributed by atoms with van der Waals surface area (Å²) in [5, 5.41) is 0. The number of hydrogen-bond acceptors (Lipinski definition) is 0. The van der Waals surface area contributed by atoms with Gasteiger partial charge < -0.3 is 0 Å². The molecule has 0 atom stereocenters. The largest absolute Gasteiger partial charge is 0.0654 e. The van der Waals surface area contributed by atoms with E-state index in [1.165, 1.54) is 443 Å². The molecular weight excluding hydrogens is 853 g/mol. The van der Waals surface area contributed by atoms with Gasteiger partial charge in [-0.25, -0.2) is 0 Å². The maximum Gasteiger partial charge on any atom is -0.0533 e. The zero-order valence-corrected chi connectivity index (χ0v) is 50.8. The highest BCUT2D eigenvalue weighted by Gasteiger charge is 2.01. The van der Waals surface area contributed by atoms with Crippen molar-refractivity contribution in [2.24, 2.45) is 0 Å². The lowest BCUT2D eigenvalue weighted by Gasteiger charge is -2.05. The molecule has 0 aliphatic rings. The monoisotopic (exact) mass is 997 g/mol. The summed E-state index contributed by atoms with van der Waals surface area (Å²) in [6, 6.07) is 0. The maximum atomic E-state index is 2.32. The van der Waals surface area contributed by atoms with Crippen LogP contribution in [0.2, 0.25) is 0 Å². The highest BCUT2D eigenvalue weighted by molar-refractivity contribution is 4.56. The van der Waals surface area contributed by atoms with Crippen molar-refractivity contribution in [3.63, 3.8) is 0 Å². The first-order valence-corrected chi connectivity index (χ1v) is 35.4. The lowest BCUT2D eigenvalue weighted by atomic mass is 10.0. The Hall–Kier alpha value is 0. The molecule has 0 heteroatoms. The Labute approximate surface area is 454 Å². The molecule has 0 spiro atoms. The van der Waals surface area contributed by atoms with Gasteiger partial charge in [-0.15, -0.1) is 0 Å². The number of rotatable bonds is 68. The van der Waals surface area contributed by atoms with Gasteiger partial charge in [-0.3, -0.25) is 0 Å². The summed E-state index contributed by atoms with van der Waals surface area (Å²) in [6.07, 6.45) is 103. The molecule has 0 aliphatic carbocycles. The van der Waals surface area contributed by atoms with E-state index >= 15 is 0 Å². The fourth-order valence-corrected chi connectivity index (χ4v) is 12.0. The lowest BCUT2D eigenvalue weighted by molar-refractivity contribution is 0.506. The molecule has 0 aromatic carbocycles. The minimum absolute atomic E-state index is 1.37. The quantitative estimate of drug-likeness (QED) is 0.0533. The topological polar surface area (TPSA) is 0 Å². The average Bonchev–Trinajstić information content (AvgIpc) is 3.38. The Kier molecular flexibility index (Phi) is 70.0. The second-order valence-corrected chi connectivity index (χ2v) is 24.7. The molecule has 71 heavy (non-hydrogen) atoms. The van der Waals surface area contributed by atoms with Crippen molar-refractivity contribution in [1.82, 2.24) is 0 Å². The molecule has 0 amide bonds. The van der Waals surface area contributed by atoms with Gasteiger partial charge in [0, 0.05) is 0 Å². The van der Waals surface area contributed by atoms with Crippen LogP contribution in [-0.2, 0) is 0 Å². The van der Waals surface area contributed by atoms with Crippen molar-refractivity contribution in [3.05, 3.63) is 0 Å². The van der Waals surface area contributed by atoms with E-state index in [9.17, 15) is 0 Å². The normalized spacial score (nSPS) is 11.7. The van der Waals surface area contributed by atoms with Crippen molar-refractivity contribution in [2.75, 3.05) is 0 Å². The molecule has 0 radical (unpaired) electrons. The third-order valence-electron chi connectivity index (χ3n) is 17.2. The molecule has 0 heterocycles. The summed E-state index contributed by atoms with van der Waals surface area (Å²) in [4.78, 5) is 0. The summed E-state index contributed by atoms with van der Waals surface area (Å²) in [5.41, 5.74) is 0. The summed E-state index contributed by atoms with van der Waals surface area (Å²) < 4.78 is 0. The molecule has 0 N–H and O–H groups in total. The highest BCUT2D eigenvalue weighted by Crippen LogP contribution is 2.21. The molecule has 0 fully saturated rings. The van der Waals surface area contributed by atoms with Crippen molar-refractivity contribution in [2.45, 2.75) is 457 Å². The van der Waals surface area contributed by atoms with Crippen LogP contribution in [-0.4, -0.2) is 0 Å². The molecular formula is C71H144. The van der Waals surface area contributed by atoms with Gasteiger partial charge in [-0.2, -0.15) is 0 Å². The Balaban J connectivity index is 3.07. The van der Waals surface area contributed by atoms with Gasteiger partial charge in [0.2, 0.25) is 0 Å². The molecule has 428 valence electrons. The van der Waals surface area contributed by atoms with Crippen molar-refractivity contribution in [3.8, 4) is 0 Å². The second-order valence-electron chi connectivity index (χ2n) is 24.7. The van der Waals surface area contributed by atoms with E-state index in [2.05, 4.69) is 13.8 Å². The van der Waals surface area contributed by atoms with Crippen LogP contribution in [0.15, 0.2) is 0 Å². The Morgan fingerprint density at radius 2 is 0.113 bits per heavy atom. The third-order valence-corrected chi connectivity index (χ3v) is 17.2. The lowest BCUT2D eigenvalue weighted by Crippen LogP contribution is -1.85. The number of unbranched alkanes of at least 4 members (excludes halogenated alkanes) is 68. The van der Waals surface area contributed by atoms with Crippen molar-refractivity contribution >= 4 is 0 Å². The van der Waals surface area contributed by atoms with Gasteiger partial charge in [-0.1, -0.05) is 457 Å². The van der Waals surface area contributed by atoms with Gasteiger partial charge in [0.1, 0.15) is 0 Å². The predicted molar refractivity (Wildman–Crippen MR) is 330 cm³/mol. The molecule has 0 unspecified atom stereocenters. The third kappa shape index (κ3) is 70.0. The first-order valence-electron chi connectivity index (χ1n) is 35.4. The van der Waals surface area contributed by atoms with Crippen LogP contribution >= 0.6 is 0 Å². The fraction of sp³-hybridized carbons (Fsp3) is 1.00. The fourth-order valence-electron chi connectivity index (χ4n) is 12.0. The van der Waals surface area contributed by atoms with Gasteiger partial charge in [0.25, 0.3) is 0 Å². The average molecular weight is 998 g/mol. The van der Waals surface area contributed by atoms with Crippen molar-refractivity contribution in [1.29, 1.82) is 0 Å². The van der Waals surface area contributed by atoms with Gasteiger partial charge in [0.05, 0.1) is 0 Å². The van der Waals surface area contributed by atoms with E-state index in [1.54, 1.807) is 0 Å². The van der Waals surface area contributed by atoms with Crippen LogP contribution in [0, 0.1) is 0 Å².